The highest BCUT2D eigenvalue weighted by atomic mass is 32.2. The Hall–Kier alpha value is -2.89. The third-order valence-corrected chi connectivity index (χ3v) is 5.46. The summed E-state index contributed by atoms with van der Waals surface area (Å²) in [6.07, 6.45) is -10.7. The van der Waals surface area contributed by atoms with Gasteiger partial charge in [0.2, 0.25) is 0 Å². The van der Waals surface area contributed by atoms with Gasteiger partial charge in [-0.15, -0.1) is 0 Å². The molecule has 2 N–H and O–H groups in total. The lowest BCUT2D eigenvalue weighted by Gasteiger charge is -2.17. The van der Waals surface area contributed by atoms with E-state index in [4.69, 9.17) is 0 Å². The zero-order valence-electron chi connectivity index (χ0n) is 15.5. The first-order valence-electron chi connectivity index (χ1n) is 8.55. The standard InChI is InChI=1S/C19H15F6NO4S/c20-18(21,22)12-8-11(9-13(10-12)19(23,24)25)16(27)26-15(17(28)29)6-7-31(30)14-4-2-1-3-5-14/h1-5,8-10,15H,6-7H2,(H,26,27)(H,28,29)/t15-,31+/m0/s1. The van der Waals surface area contributed by atoms with Crippen LogP contribution in [-0.2, 0) is 27.9 Å². The number of amides is 1. The number of carboxylic acids is 1. The van der Waals surface area contributed by atoms with E-state index in [0.717, 1.165) is 0 Å². The van der Waals surface area contributed by atoms with Crippen LogP contribution in [0.25, 0.3) is 0 Å². The van der Waals surface area contributed by atoms with Gasteiger partial charge >= 0.3 is 18.3 Å². The molecule has 2 atom stereocenters. The normalized spacial score (nSPS) is 14.0. The van der Waals surface area contributed by atoms with Crippen LogP contribution in [-0.4, -0.2) is 33.0 Å². The molecule has 0 unspecified atom stereocenters. The van der Waals surface area contributed by atoms with Crippen molar-refractivity contribution in [2.24, 2.45) is 0 Å². The van der Waals surface area contributed by atoms with E-state index in [9.17, 15) is 45.2 Å². The summed E-state index contributed by atoms with van der Waals surface area (Å²) in [6, 6.07) is 6.53. The lowest BCUT2D eigenvalue weighted by molar-refractivity contribution is -0.143. The van der Waals surface area contributed by atoms with Gasteiger partial charge in [-0.1, -0.05) is 18.2 Å². The average Bonchev–Trinajstić information content (AvgIpc) is 2.69. The average molecular weight is 467 g/mol. The number of carbonyl (C=O) groups is 2. The largest absolute Gasteiger partial charge is 0.480 e. The molecule has 0 heterocycles. The molecule has 1 amide bonds. The molecule has 0 saturated carbocycles. The molecule has 31 heavy (non-hydrogen) atoms. The molecule has 12 heteroatoms. The lowest BCUT2D eigenvalue weighted by atomic mass is 10.0. The molecule has 2 aromatic carbocycles. The monoisotopic (exact) mass is 467 g/mol. The van der Waals surface area contributed by atoms with Crippen LogP contribution in [0.15, 0.2) is 53.4 Å². The molecule has 0 radical (unpaired) electrons. The summed E-state index contributed by atoms with van der Waals surface area (Å²) in [5.74, 6) is -3.23. The van der Waals surface area contributed by atoms with Crippen molar-refractivity contribution in [3.63, 3.8) is 0 Å². The number of alkyl halides is 6. The van der Waals surface area contributed by atoms with Crippen LogP contribution in [0.3, 0.4) is 0 Å². The molecular weight excluding hydrogens is 452 g/mol. The van der Waals surface area contributed by atoms with E-state index >= 15 is 0 Å². The smallest absolute Gasteiger partial charge is 0.416 e. The summed E-state index contributed by atoms with van der Waals surface area (Å²) < 4.78 is 89.8. The van der Waals surface area contributed by atoms with Crippen molar-refractivity contribution in [3.8, 4) is 0 Å². The number of nitrogens with one attached hydrogen (secondary N) is 1. The summed E-state index contributed by atoms with van der Waals surface area (Å²) >= 11 is 0. The Labute approximate surface area is 174 Å². The number of hydrogen-bond donors (Lipinski definition) is 2. The Morgan fingerprint density at radius 1 is 0.935 bits per heavy atom. The molecule has 0 aliphatic rings. The summed E-state index contributed by atoms with van der Waals surface area (Å²) in [6.45, 7) is 0. The van der Waals surface area contributed by atoms with Crippen molar-refractivity contribution < 1.29 is 45.2 Å². The van der Waals surface area contributed by atoms with Crippen LogP contribution in [0, 0.1) is 0 Å². The van der Waals surface area contributed by atoms with Gasteiger partial charge in [-0.05, 0) is 36.8 Å². The van der Waals surface area contributed by atoms with Gasteiger partial charge in [0.15, 0.2) is 0 Å². The second-order valence-electron chi connectivity index (χ2n) is 6.31. The summed E-state index contributed by atoms with van der Waals surface area (Å²) in [4.78, 5) is 24.0. The van der Waals surface area contributed by atoms with E-state index in [1.807, 2.05) is 5.32 Å². The first kappa shape index (κ1) is 24.4. The first-order chi connectivity index (χ1) is 14.3. The van der Waals surface area contributed by atoms with Gasteiger partial charge in [0.25, 0.3) is 5.91 Å². The van der Waals surface area contributed by atoms with Crippen LogP contribution in [0.4, 0.5) is 26.3 Å². The SMILES string of the molecule is O=C(N[C@@H](CC[S@@](=O)c1ccccc1)C(=O)O)c1cc(C(F)(F)F)cc(C(F)(F)F)c1. The van der Waals surface area contributed by atoms with Crippen molar-refractivity contribution >= 4 is 22.7 Å². The highest BCUT2D eigenvalue weighted by Gasteiger charge is 2.37. The van der Waals surface area contributed by atoms with Crippen LogP contribution < -0.4 is 5.32 Å². The maximum absolute atomic E-state index is 12.9. The Kier molecular flexibility index (Phi) is 7.47. The number of carbonyl (C=O) groups excluding carboxylic acids is 1. The first-order valence-corrected chi connectivity index (χ1v) is 9.87. The molecule has 0 spiro atoms. The van der Waals surface area contributed by atoms with Crippen molar-refractivity contribution in [2.45, 2.75) is 29.7 Å². The second kappa shape index (κ2) is 9.50. The minimum atomic E-state index is -5.16. The molecule has 5 nitrogen and oxygen atoms in total. The van der Waals surface area contributed by atoms with Crippen LogP contribution in [0.1, 0.15) is 27.9 Å². The molecule has 2 rings (SSSR count). The Morgan fingerprint density at radius 3 is 1.90 bits per heavy atom. The summed E-state index contributed by atoms with van der Waals surface area (Å²) in [5.41, 5.74) is -4.41. The molecule has 2 aromatic rings. The highest BCUT2D eigenvalue weighted by molar-refractivity contribution is 7.85. The van der Waals surface area contributed by atoms with Crippen molar-refractivity contribution in [3.05, 3.63) is 65.2 Å². The maximum Gasteiger partial charge on any atom is 0.416 e. The fourth-order valence-corrected chi connectivity index (χ4v) is 3.65. The highest BCUT2D eigenvalue weighted by Crippen LogP contribution is 2.36. The number of rotatable bonds is 7. The fraction of sp³-hybridized carbons (Fsp3) is 0.263. The van der Waals surface area contributed by atoms with Gasteiger partial charge in [-0.25, -0.2) is 4.79 Å². The second-order valence-corrected chi connectivity index (χ2v) is 7.88. The van der Waals surface area contributed by atoms with Crippen molar-refractivity contribution in [2.75, 3.05) is 5.75 Å². The minimum Gasteiger partial charge on any atom is -0.480 e. The zero-order valence-corrected chi connectivity index (χ0v) is 16.3. The topological polar surface area (TPSA) is 83.5 Å². The Bertz CT molecular complexity index is 943. The quantitative estimate of drug-likeness (QED) is 0.601. The fourth-order valence-electron chi connectivity index (χ4n) is 2.50. The van der Waals surface area contributed by atoms with E-state index in [-0.39, 0.29) is 30.4 Å². The van der Waals surface area contributed by atoms with Gasteiger partial charge in [-0.2, -0.15) is 26.3 Å². The summed E-state index contributed by atoms with van der Waals surface area (Å²) in [5, 5.41) is 11.1. The van der Waals surface area contributed by atoms with E-state index in [1.165, 1.54) is 12.1 Å². The third-order valence-electron chi connectivity index (χ3n) is 4.05. The predicted octanol–water partition coefficient (Wildman–Crippen LogP) is 4.11. The molecule has 0 bridgehead atoms. The maximum atomic E-state index is 12.9. The lowest BCUT2D eigenvalue weighted by Crippen LogP contribution is -2.41. The van der Waals surface area contributed by atoms with Crippen molar-refractivity contribution in [1.82, 2.24) is 5.32 Å². The van der Waals surface area contributed by atoms with Gasteiger partial charge in [0.05, 0.1) is 21.9 Å². The molecular formula is C19H15F6NO4S. The zero-order chi connectivity index (χ0) is 23.4. The van der Waals surface area contributed by atoms with Crippen LogP contribution in [0.2, 0.25) is 0 Å². The molecule has 0 aromatic heterocycles. The van der Waals surface area contributed by atoms with E-state index in [1.54, 1.807) is 18.2 Å². The predicted molar refractivity (Wildman–Crippen MR) is 97.7 cm³/mol. The number of halogens is 6. The minimum absolute atomic E-state index is 0.144. The molecule has 0 aliphatic carbocycles. The molecule has 0 saturated heterocycles. The number of benzene rings is 2. The van der Waals surface area contributed by atoms with Gasteiger partial charge < -0.3 is 10.4 Å². The van der Waals surface area contributed by atoms with Gasteiger partial charge in [0, 0.05) is 16.2 Å². The summed E-state index contributed by atoms with van der Waals surface area (Å²) in [7, 11) is -1.62. The number of aliphatic carboxylic acids is 1. The van der Waals surface area contributed by atoms with Gasteiger partial charge in [0.1, 0.15) is 6.04 Å². The Balaban J connectivity index is 2.22. The Morgan fingerprint density at radius 2 is 1.45 bits per heavy atom. The number of carboxylic acid groups (broad SMARTS) is 1. The number of hydrogen-bond acceptors (Lipinski definition) is 3. The van der Waals surface area contributed by atoms with Crippen LogP contribution in [0.5, 0.6) is 0 Å². The molecule has 0 aliphatic heterocycles. The van der Waals surface area contributed by atoms with Gasteiger partial charge in [-0.3, -0.25) is 9.00 Å². The molecule has 168 valence electrons. The van der Waals surface area contributed by atoms with Crippen molar-refractivity contribution in [1.29, 1.82) is 0 Å². The van der Waals surface area contributed by atoms with E-state index in [2.05, 4.69) is 0 Å². The van der Waals surface area contributed by atoms with E-state index < -0.39 is 57.8 Å². The van der Waals surface area contributed by atoms with Crippen LogP contribution >= 0.6 is 0 Å². The van der Waals surface area contributed by atoms with E-state index in [0.29, 0.717) is 4.90 Å². The molecule has 0 fully saturated rings. The third kappa shape index (κ3) is 6.81.